The van der Waals surface area contributed by atoms with Gasteiger partial charge < -0.3 is 9.84 Å². The van der Waals surface area contributed by atoms with Crippen molar-refractivity contribution in [2.24, 2.45) is 0 Å². The minimum Gasteiger partial charge on any atom is -0.481 e. The standard InChI is InChI=1S/C24H27NO5S/c1-3-4-17-30-21-9-11-22(12-10-21)31(28,29)24(23(26)27)13-15-25(16-14-24)18-20-7-5-19(2)6-8-20/h5-12H,13-18H2,1-2H3,(H,26,27). The Balaban J connectivity index is 1.75. The molecule has 0 atom stereocenters. The molecule has 31 heavy (non-hydrogen) atoms. The molecule has 0 aromatic heterocycles. The number of carboxylic acids is 1. The molecule has 0 unspecified atom stereocenters. The second kappa shape index (κ2) is 9.54. The first kappa shape index (κ1) is 22.9. The number of benzene rings is 2. The van der Waals surface area contributed by atoms with Crippen LogP contribution in [0.4, 0.5) is 0 Å². The van der Waals surface area contributed by atoms with E-state index >= 15 is 0 Å². The van der Waals surface area contributed by atoms with E-state index in [1.54, 1.807) is 6.92 Å². The Bertz CT molecular complexity index is 1070. The van der Waals surface area contributed by atoms with E-state index < -0.39 is 20.6 Å². The summed E-state index contributed by atoms with van der Waals surface area (Å²) in [4.78, 5) is 14.3. The zero-order valence-electron chi connectivity index (χ0n) is 17.8. The maximum atomic E-state index is 13.4. The molecule has 1 aliphatic heterocycles. The average molecular weight is 442 g/mol. The van der Waals surface area contributed by atoms with E-state index in [0.717, 1.165) is 5.56 Å². The van der Waals surface area contributed by atoms with Crippen LogP contribution in [0.1, 0.15) is 30.9 Å². The lowest BCUT2D eigenvalue weighted by Gasteiger charge is -2.38. The topological polar surface area (TPSA) is 83.9 Å². The van der Waals surface area contributed by atoms with Crippen LogP contribution in [0.15, 0.2) is 53.4 Å². The maximum absolute atomic E-state index is 13.4. The van der Waals surface area contributed by atoms with Gasteiger partial charge in [0.25, 0.3) is 0 Å². The molecule has 3 rings (SSSR count). The molecule has 164 valence electrons. The van der Waals surface area contributed by atoms with Gasteiger partial charge >= 0.3 is 5.97 Å². The highest BCUT2D eigenvalue weighted by molar-refractivity contribution is 7.93. The summed E-state index contributed by atoms with van der Waals surface area (Å²) in [5.74, 6) is 4.68. The number of rotatable bonds is 7. The lowest BCUT2D eigenvalue weighted by atomic mass is 9.95. The third-order valence-electron chi connectivity index (χ3n) is 5.72. The van der Waals surface area contributed by atoms with E-state index in [2.05, 4.69) is 16.7 Å². The number of aliphatic carboxylic acids is 1. The van der Waals surface area contributed by atoms with Crippen molar-refractivity contribution < 1.29 is 23.1 Å². The number of nitrogens with zero attached hydrogens (tertiary/aromatic N) is 1. The molecule has 1 heterocycles. The van der Waals surface area contributed by atoms with E-state index in [-0.39, 0.29) is 24.3 Å². The van der Waals surface area contributed by atoms with E-state index in [9.17, 15) is 18.3 Å². The molecule has 0 bridgehead atoms. The highest BCUT2D eigenvalue weighted by Crippen LogP contribution is 2.36. The second-order valence-electron chi connectivity index (χ2n) is 7.75. The van der Waals surface area contributed by atoms with Gasteiger partial charge in [0.1, 0.15) is 12.4 Å². The van der Waals surface area contributed by atoms with E-state index in [1.165, 1.54) is 29.8 Å². The molecule has 0 saturated carbocycles. The van der Waals surface area contributed by atoms with Crippen molar-refractivity contribution in [1.82, 2.24) is 4.90 Å². The fourth-order valence-corrected chi connectivity index (χ4v) is 5.65. The number of carboxylic acid groups (broad SMARTS) is 1. The van der Waals surface area contributed by atoms with Gasteiger partial charge in [-0.15, -0.1) is 5.92 Å². The smallest absolute Gasteiger partial charge is 0.325 e. The predicted octanol–water partition coefficient (Wildman–Crippen LogP) is 3.29. The SMILES string of the molecule is CC#CCOc1ccc(S(=O)(=O)C2(C(=O)O)CCN(Cc3ccc(C)cc3)CC2)cc1. The van der Waals surface area contributed by atoms with E-state index in [0.29, 0.717) is 25.4 Å². The molecule has 1 aliphatic rings. The monoisotopic (exact) mass is 441 g/mol. The van der Waals surface area contributed by atoms with Crippen LogP contribution in [0.25, 0.3) is 0 Å². The van der Waals surface area contributed by atoms with Gasteiger partial charge in [0.15, 0.2) is 14.6 Å². The van der Waals surface area contributed by atoms with Gasteiger partial charge in [-0.05, 0) is 56.5 Å². The largest absolute Gasteiger partial charge is 0.481 e. The van der Waals surface area contributed by atoms with Crippen molar-refractivity contribution in [2.45, 2.75) is 42.9 Å². The number of ether oxygens (including phenoxy) is 1. The van der Waals surface area contributed by atoms with Crippen LogP contribution in [-0.4, -0.2) is 48.8 Å². The number of hydrogen-bond acceptors (Lipinski definition) is 5. The fraction of sp³-hybridized carbons (Fsp3) is 0.375. The second-order valence-corrected chi connectivity index (χ2v) is 10.0. The third kappa shape index (κ3) is 4.92. The van der Waals surface area contributed by atoms with Gasteiger partial charge in [-0.3, -0.25) is 9.69 Å². The van der Waals surface area contributed by atoms with Crippen LogP contribution in [0.5, 0.6) is 5.75 Å². The molecule has 0 aliphatic carbocycles. The van der Waals surface area contributed by atoms with Gasteiger partial charge in [-0.25, -0.2) is 8.42 Å². The van der Waals surface area contributed by atoms with Crippen LogP contribution in [-0.2, 0) is 21.2 Å². The summed E-state index contributed by atoms with van der Waals surface area (Å²) in [6.07, 6.45) is 0.0851. The Labute approximate surface area is 183 Å². The molecular formula is C24H27NO5S. The molecule has 1 saturated heterocycles. The molecule has 0 spiro atoms. The first-order valence-electron chi connectivity index (χ1n) is 10.2. The summed E-state index contributed by atoms with van der Waals surface area (Å²) in [5.41, 5.74) is 2.30. The molecule has 0 amide bonds. The summed E-state index contributed by atoms with van der Waals surface area (Å²) in [6, 6.07) is 14.0. The van der Waals surface area contributed by atoms with Crippen molar-refractivity contribution in [2.75, 3.05) is 19.7 Å². The Morgan fingerprint density at radius 3 is 2.26 bits per heavy atom. The summed E-state index contributed by atoms with van der Waals surface area (Å²) >= 11 is 0. The molecule has 1 N–H and O–H groups in total. The average Bonchev–Trinajstić information content (AvgIpc) is 2.76. The van der Waals surface area contributed by atoms with Crippen LogP contribution in [0.2, 0.25) is 0 Å². The summed E-state index contributed by atoms with van der Waals surface area (Å²) < 4.78 is 30.3. The summed E-state index contributed by atoms with van der Waals surface area (Å²) in [6.45, 7) is 5.40. The Hall–Kier alpha value is -2.82. The minimum absolute atomic E-state index is 0.00388. The number of hydrogen-bond donors (Lipinski definition) is 1. The highest BCUT2D eigenvalue weighted by atomic mass is 32.2. The van der Waals surface area contributed by atoms with Crippen molar-refractivity contribution in [3.8, 4) is 17.6 Å². The zero-order valence-corrected chi connectivity index (χ0v) is 18.6. The molecular weight excluding hydrogens is 414 g/mol. The van der Waals surface area contributed by atoms with Gasteiger partial charge in [0.05, 0.1) is 4.90 Å². The molecule has 2 aromatic carbocycles. The maximum Gasteiger partial charge on any atom is 0.325 e. The van der Waals surface area contributed by atoms with Crippen molar-refractivity contribution in [3.05, 3.63) is 59.7 Å². The van der Waals surface area contributed by atoms with Crippen molar-refractivity contribution in [3.63, 3.8) is 0 Å². The number of aryl methyl sites for hydroxylation is 1. The molecule has 6 nitrogen and oxygen atoms in total. The fourth-order valence-electron chi connectivity index (χ4n) is 3.75. The first-order valence-corrected chi connectivity index (χ1v) is 11.7. The third-order valence-corrected chi connectivity index (χ3v) is 8.22. The van der Waals surface area contributed by atoms with Gasteiger partial charge in [0.2, 0.25) is 0 Å². The van der Waals surface area contributed by atoms with Gasteiger partial charge in [-0.2, -0.15) is 0 Å². The molecule has 7 heteroatoms. The quantitative estimate of drug-likeness (QED) is 0.664. The number of piperidine rings is 1. The number of carbonyl (C=O) groups is 1. The summed E-state index contributed by atoms with van der Waals surface area (Å²) in [5, 5.41) is 9.95. The van der Waals surface area contributed by atoms with E-state index in [1.807, 2.05) is 31.2 Å². The lowest BCUT2D eigenvalue weighted by Crippen LogP contribution is -2.54. The highest BCUT2D eigenvalue weighted by Gasteiger charge is 2.53. The van der Waals surface area contributed by atoms with Crippen LogP contribution in [0, 0.1) is 18.8 Å². The van der Waals surface area contributed by atoms with E-state index in [4.69, 9.17) is 4.74 Å². The van der Waals surface area contributed by atoms with Crippen molar-refractivity contribution in [1.29, 1.82) is 0 Å². The van der Waals surface area contributed by atoms with Crippen LogP contribution in [0.3, 0.4) is 0 Å². The predicted molar refractivity (Wildman–Crippen MR) is 119 cm³/mol. The number of sulfone groups is 1. The van der Waals surface area contributed by atoms with Gasteiger partial charge in [0, 0.05) is 19.6 Å². The summed E-state index contributed by atoms with van der Waals surface area (Å²) in [7, 11) is -4.08. The first-order chi connectivity index (χ1) is 14.8. The Kier molecular flexibility index (Phi) is 7.04. The molecule has 2 aromatic rings. The zero-order chi connectivity index (χ0) is 22.5. The van der Waals surface area contributed by atoms with Gasteiger partial charge in [-0.1, -0.05) is 35.7 Å². The number of likely N-dealkylation sites (tertiary alicyclic amines) is 1. The lowest BCUT2D eigenvalue weighted by molar-refractivity contribution is -0.141. The Morgan fingerprint density at radius 1 is 1.10 bits per heavy atom. The van der Waals surface area contributed by atoms with Crippen molar-refractivity contribution >= 4 is 15.8 Å². The molecule has 0 radical (unpaired) electrons. The molecule has 1 fully saturated rings. The normalized spacial score (nSPS) is 16.2. The minimum atomic E-state index is -4.08. The van der Waals surface area contributed by atoms with Crippen LogP contribution >= 0.6 is 0 Å². The Morgan fingerprint density at radius 2 is 1.71 bits per heavy atom. The van der Waals surface area contributed by atoms with Crippen LogP contribution < -0.4 is 4.74 Å².